The van der Waals surface area contributed by atoms with E-state index < -0.39 is 15.9 Å². The number of likely N-dealkylation sites (tertiary alicyclic amines) is 1. The number of nitrogens with zero attached hydrogens (tertiary/aromatic N) is 1. The minimum absolute atomic E-state index is 0.340. The number of para-hydroxylation sites is 1. The minimum Gasteiger partial charge on any atom is -0.593 e. The van der Waals surface area contributed by atoms with Gasteiger partial charge in [0.2, 0.25) is 0 Å². The number of hydrogen-bond donors (Lipinski definition) is 2. The van der Waals surface area contributed by atoms with Gasteiger partial charge in [0.15, 0.2) is 15.3 Å². The van der Waals surface area contributed by atoms with Gasteiger partial charge >= 0.3 is 0 Å². The average molecular weight is 372 g/mol. The van der Waals surface area contributed by atoms with E-state index in [0.717, 1.165) is 25.9 Å². The van der Waals surface area contributed by atoms with E-state index in [1.54, 1.807) is 12.1 Å². The highest BCUT2D eigenvalue weighted by Crippen LogP contribution is 2.33. The lowest BCUT2D eigenvalue weighted by Gasteiger charge is -2.42. The van der Waals surface area contributed by atoms with Gasteiger partial charge < -0.3 is 9.87 Å². The molecule has 4 rings (SSSR count). The maximum Gasteiger partial charge on any atom is 0.198 e. The number of hydrogen-bond acceptors (Lipinski definition) is 4. The smallest absolute Gasteiger partial charge is 0.198 e. The van der Waals surface area contributed by atoms with Gasteiger partial charge in [-0.25, -0.2) is 0 Å². The van der Waals surface area contributed by atoms with Crippen molar-refractivity contribution in [3.63, 3.8) is 0 Å². The van der Waals surface area contributed by atoms with Crippen LogP contribution in [0, 0.1) is 6.92 Å². The maximum absolute atomic E-state index is 12.9. The largest absolute Gasteiger partial charge is 0.593 e. The molecule has 0 amide bonds. The van der Waals surface area contributed by atoms with Crippen molar-refractivity contribution in [2.24, 2.45) is 0 Å². The van der Waals surface area contributed by atoms with Crippen LogP contribution < -0.4 is 10.0 Å². The van der Waals surface area contributed by atoms with Crippen molar-refractivity contribution < 1.29 is 8.76 Å². The summed E-state index contributed by atoms with van der Waals surface area (Å²) >= 11 is 0. The van der Waals surface area contributed by atoms with Gasteiger partial charge in [-0.15, -0.1) is 4.72 Å². The summed E-state index contributed by atoms with van der Waals surface area (Å²) in [4.78, 5) is 2.70. The summed E-state index contributed by atoms with van der Waals surface area (Å²) in [5.41, 5.74) is 2.73. The Hall–Kier alpha value is -1.73. The van der Waals surface area contributed by atoms with Crippen LogP contribution in [-0.4, -0.2) is 34.6 Å². The van der Waals surface area contributed by atoms with Crippen molar-refractivity contribution in [1.82, 2.24) is 9.62 Å². The zero-order chi connectivity index (χ0) is 18.2. The molecule has 2 aliphatic heterocycles. The molecule has 1 fully saturated rings. The maximum atomic E-state index is 12.9. The van der Waals surface area contributed by atoms with Crippen LogP contribution in [0.1, 0.15) is 24.0 Å². The molecule has 0 radical (unpaired) electrons. The monoisotopic (exact) mass is 371 g/mol. The third kappa shape index (κ3) is 3.55. The van der Waals surface area contributed by atoms with Gasteiger partial charge in [-0.05, 0) is 44.0 Å². The molecule has 2 N–H and O–H groups in total. The summed E-state index contributed by atoms with van der Waals surface area (Å²) in [6.07, 6.45) is 1.82. The molecule has 2 aromatic rings. The summed E-state index contributed by atoms with van der Waals surface area (Å²) in [5, 5.41) is 3.36. The molecule has 2 unspecified atom stereocenters. The summed E-state index contributed by atoms with van der Waals surface area (Å²) in [6, 6.07) is 15.7. The Morgan fingerprint density at radius 1 is 1.19 bits per heavy atom. The first-order chi connectivity index (χ1) is 12.5. The molecular weight excluding hydrogens is 346 g/mol. The van der Waals surface area contributed by atoms with E-state index in [9.17, 15) is 8.76 Å². The predicted octanol–water partition coefficient (Wildman–Crippen LogP) is 2.95. The number of anilines is 1. The van der Waals surface area contributed by atoms with E-state index in [1.165, 1.54) is 11.1 Å². The fourth-order valence-corrected chi connectivity index (χ4v) is 5.64. The second kappa shape index (κ2) is 6.78. The molecule has 0 bridgehead atoms. The highest BCUT2D eigenvalue weighted by molar-refractivity contribution is 7.96. The lowest BCUT2D eigenvalue weighted by Crippen LogP contribution is -2.62. The van der Waals surface area contributed by atoms with Gasteiger partial charge in [0.1, 0.15) is 0 Å². The molecule has 1 spiro atoms. The highest BCUT2D eigenvalue weighted by atomic mass is 32.3. The molecule has 0 aromatic heterocycles. The van der Waals surface area contributed by atoms with Crippen LogP contribution in [0.2, 0.25) is 0 Å². The second-order valence-electron chi connectivity index (χ2n) is 7.54. The molecule has 5 nitrogen and oxygen atoms in total. The van der Waals surface area contributed by atoms with Crippen LogP contribution >= 0.6 is 0 Å². The summed E-state index contributed by atoms with van der Waals surface area (Å²) in [5.74, 6) is 0. The molecule has 1 saturated heterocycles. The van der Waals surface area contributed by atoms with Crippen LogP contribution in [0.4, 0.5) is 5.69 Å². The van der Waals surface area contributed by atoms with E-state index in [-0.39, 0.29) is 0 Å². The van der Waals surface area contributed by atoms with E-state index >= 15 is 0 Å². The van der Waals surface area contributed by atoms with Crippen molar-refractivity contribution in [1.29, 1.82) is 0 Å². The van der Waals surface area contributed by atoms with E-state index in [0.29, 0.717) is 23.7 Å². The normalized spacial score (nSPS) is 29.0. The third-order valence-corrected chi connectivity index (χ3v) is 6.96. The molecule has 0 aliphatic carbocycles. The number of benzene rings is 2. The van der Waals surface area contributed by atoms with Crippen LogP contribution in [0.25, 0.3) is 0 Å². The summed E-state index contributed by atoms with van der Waals surface area (Å²) < 4.78 is 28.8. The quantitative estimate of drug-likeness (QED) is 0.797. The van der Waals surface area contributed by atoms with Crippen LogP contribution in [-0.2, 0) is 21.2 Å². The second-order valence-corrected chi connectivity index (χ2v) is 9.19. The Kier molecular flexibility index (Phi) is 4.61. The number of rotatable bonds is 2. The Morgan fingerprint density at radius 3 is 2.77 bits per heavy atom. The fourth-order valence-electron chi connectivity index (χ4n) is 4.03. The van der Waals surface area contributed by atoms with Crippen LogP contribution in [0.15, 0.2) is 53.4 Å². The third-order valence-electron chi connectivity index (χ3n) is 5.33. The molecule has 2 aliphatic rings. The van der Waals surface area contributed by atoms with Crippen molar-refractivity contribution in [3.8, 4) is 0 Å². The molecule has 2 atom stereocenters. The standard InChI is InChI=1S/C20H25N3O2S/c1-16-7-9-17(10-8-16)13-23-12-4-11-20(15-23)14-21-18-5-2-3-6-19(18)26(24,25)22-20/h2-3,5-10,21H,4,11-15H2,1H3,(H-,22,24,25). The first-order valence-corrected chi connectivity index (χ1v) is 10.6. The van der Waals surface area contributed by atoms with Crippen LogP contribution in [0.5, 0.6) is 0 Å². The molecule has 0 saturated carbocycles. The van der Waals surface area contributed by atoms with Gasteiger partial charge in [-0.2, -0.15) is 0 Å². The van der Waals surface area contributed by atoms with Gasteiger partial charge in [-0.3, -0.25) is 4.90 Å². The molecule has 2 aromatic carbocycles. The summed E-state index contributed by atoms with van der Waals surface area (Å²) in [6.45, 7) is 5.24. The summed E-state index contributed by atoms with van der Waals surface area (Å²) in [7, 11) is -3.53. The first kappa shape index (κ1) is 17.7. The number of aryl methyl sites for hydroxylation is 1. The Labute approximate surface area is 156 Å². The topological polar surface area (TPSA) is 67.4 Å². The first-order valence-electron chi connectivity index (χ1n) is 9.11. The van der Waals surface area contributed by atoms with Crippen LogP contribution in [0.3, 0.4) is 0 Å². The van der Waals surface area contributed by atoms with E-state index in [4.69, 9.17) is 0 Å². The van der Waals surface area contributed by atoms with Gasteiger partial charge in [0.05, 0.1) is 11.2 Å². The minimum atomic E-state index is -3.53. The van der Waals surface area contributed by atoms with Crippen molar-refractivity contribution in [3.05, 3.63) is 59.7 Å². The Balaban J connectivity index is 1.55. The lowest BCUT2D eigenvalue weighted by molar-refractivity contribution is 0.137. The Bertz CT molecular complexity index is 839. The van der Waals surface area contributed by atoms with Gasteiger partial charge in [-0.1, -0.05) is 46.2 Å². The highest BCUT2D eigenvalue weighted by Gasteiger charge is 2.44. The zero-order valence-electron chi connectivity index (χ0n) is 15.0. The number of nitrogens with one attached hydrogen (secondary N) is 2. The van der Waals surface area contributed by atoms with Gasteiger partial charge in [0, 0.05) is 19.6 Å². The zero-order valence-corrected chi connectivity index (χ0v) is 15.8. The van der Waals surface area contributed by atoms with Gasteiger partial charge in [0.25, 0.3) is 0 Å². The fraction of sp³-hybridized carbons (Fsp3) is 0.400. The molecule has 138 valence electrons. The molecule has 6 heteroatoms. The SMILES string of the molecule is Cc1ccc(CN2CCCC3(CNc4ccccc4[S+](=O)([O-])N3)C2)cc1. The van der Waals surface area contributed by atoms with E-state index in [2.05, 4.69) is 46.1 Å². The molecular formula is C20H25N3O2S. The van der Waals surface area contributed by atoms with Crippen molar-refractivity contribution >= 4 is 16.1 Å². The van der Waals surface area contributed by atoms with E-state index in [1.807, 2.05) is 12.1 Å². The molecule has 2 heterocycles. The van der Waals surface area contributed by atoms with Crippen molar-refractivity contribution in [2.75, 3.05) is 25.0 Å². The number of piperidine rings is 1. The number of sulfonamides is 1. The number of fused-ring (bicyclic) bond motifs is 1. The Morgan fingerprint density at radius 2 is 1.96 bits per heavy atom. The lowest BCUT2D eigenvalue weighted by atomic mass is 9.89. The predicted molar refractivity (Wildman–Crippen MR) is 104 cm³/mol. The molecule has 26 heavy (non-hydrogen) atoms. The van der Waals surface area contributed by atoms with Crippen molar-refractivity contribution in [2.45, 2.75) is 36.7 Å². The average Bonchev–Trinajstić information content (AvgIpc) is 2.72.